The van der Waals surface area contributed by atoms with Gasteiger partial charge in [-0.05, 0) is 36.9 Å². The lowest BCUT2D eigenvalue weighted by Gasteiger charge is -2.35. The SMILES string of the molecule is CCN(CC(=O)N[C@@H]1CCC[C@H](C)[C@@H]1C)Cc1nc2ccccc2c(=O)[nH]1. The summed E-state index contributed by atoms with van der Waals surface area (Å²) < 4.78 is 0. The van der Waals surface area contributed by atoms with Crippen molar-refractivity contribution in [2.75, 3.05) is 13.1 Å². The van der Waals surface area contributed by atoms with E-state index in [0.717, 1.165) is 6.42 Å². The minimum atomic E-state index is -0.138. The zero-order valence-electron chi connectivity index (χ0n) is 16.5. The van der Waals surface area contributed by atoms with E-state index in [4.69, 9.17) is 0 Å². The maximum Gasteiger partial charge on any atom is 0.258 e. The Bertz CT molecular complexity index is 847. The smallest absolute Gasteiger partial charge is 0.258 e. The van der Waals surface area contributed by atoms with E-state index in [1.165, 1.54) is 12.8 Å². The Hall–Kier alpha value is -2.21. The highest BCUT2D eigenvalue weighted by atomic mass is 16.2. The van der Waals surface area contributed by atoms with Gasteiger partial charge in [-0.1, -0.05) is 45.7 Å². The van der Waals surface area contributed by atoms with E-state index in [1.54, 1.807) is 6.07 Å². The van der Waals surface area contributed by atoms with Crippen LogP contribution in [0.2, 0.25) is 0 Å². The normalized spacial score (nSPS) is 22.9. The highest BCUT2D eigenvalue weighted by Crippen LogP contribution is 2.29. The second-order valence-corrected chi connectivity index (χ2v) is 7.77. The molecule has 1 saturated carbocycles. The number of aromatic amines is 1. The minimum Gasteiger partial charge on any atom is -0.352 e. The Morgan fingerprint density at radius 2 is 2.07 bits per heavy atom. The van der Waals surface area contributed by atoms with Gasteiger partial charge in [-0.25, -0.2) is 4.98 Å². The lowest BCUT2D eigenvalue weighted by Crippen LogP contribution is -2.47. The van der Waals surface area contributed by atoms with Crippen LogP contribution >= 0.6 is 0 Å². The Balaban J connectivity index is 1.63. The molecule has 6 nitrogen and oxygen atoms in total. The number of aromatic nitrogens is 2. The summed E-state index contributed by atoms with van der Waals surface area (Å²) in [5, 5.41) is 3.80. The number of rotatable bonds is 6. The molecule has 0 bridgehead atoms. The van der Waals surface area contributed by atoms with Crippen molar-refractivity contribution in [3.63, 3.8) is 0 Å². The van der Waals surface area contributed by atoms with Crippen LogP contribution in [0.4, 0.5) is 0 Å². The lowest BCUT2D eigenvalue weighted by molar-refractivity contribution is -0.123. The number of para-hydroxylation sites is 1. The molecule has 0 saturated heterocycles. The molecule has 1 aromatic heterocycles. The second kappa shape index (κ2) is 8.65. The topological polar surface area (TPSA) is 78.1 Å². The third-order valence-electron chi connectivity index (χ3n) is 5.90. The summed E-state index contributed by atoms with van der Waals surface area (Å²) in [7, 11) is 0. The van der Waals surface area contributed by atoms with Gasteiger partial charge in [-0.3, -0.25) is 14.5 Å². The molecular formula is C21H30N4O2. The van der Waals surface area contributed by atoms with Gasteiger partial charge in [0.25, 0.3) is 5.56 Å². The molecule has 1 heterocycles. The highest BCUT2D eigenvalue weighted by Gasteiger charge is 2.28. The molecule has 3 rings (SSSR count). The quantitative estimate of drug-likeness (QED) is 0.819. The maximum absolute atomic E-state index is 12.6. The molecule has 0 aliphatic heterocycles. The Labute approximate surface area is 160 Å². The number of nitrogens with zero attached hydrogens (tertiary/aromatic N) is 2. The maximum atomic E-state index is 12.6. The number of H-pyrrole nitrogens is 1. The van der Waals surface area contributed by atoms with E-state index in [0.29, 0.717) is 48.2 Å². The van der Waals surface area contributed by atoms with Crippen LogP contribution < -0.4 is 10.9 Å². The molecule has 1 aliphatic carbocycles. The molecule has 1 fully saturated rings. The first kappa shape index (κ1) is 19.5. The Morgan fingerprint density at radius 3 is 2.85 bits per heavy atom. The zero-order chi connectivity index (χ0) is 19.4. The molecule has 146 valence electrons. The third-order valence-corrected chi connectivity index (χ3v) is 5.90. The van der Waals surface area contributed by atoms with Gasteiger partial charge < -0.3 is 10.3 Å². The number of likely N-dealkylation sites (N-methyl/N-ethyl adjacent to an activating group) is 1. The van der Waals surface area contributed by atoms with Crippen LogP contribution in [0.15, 0.2) is 29.1 Å². The molecule has 1 amide bonds. The number of amides is 1. The standard InChI is InChI=1S/C21H30N4O2/c1-4-25(13-20(26)23-17-11-7-8-14(2)15(17)3)12-19-22-18-10-6-5-9-16(18)21(27)24-19/h5-6,9-10,14-15,17H,4,7-8,11-13H2,1-3H3,(H,23,26)(H,22,24,27)/t14-,15-,17+/m0/s1. The molecular weight excluding hydrogens is 340 g/mol. The van der Waals surface area contributed by atoms with Gasteiger partial charge in [0, 0.05) is 6.04 Å². The van der Waals surface area contributed by atoms with Crippen molar-refractivity contribution >= 4 is 16.8 Å². The van der Waals surface area contributed by atoms with E-state index in [9.17, 15) is 9.59 Å². The first-order chi connectivity index (χ1) is 13.0. The predicted molar refractivity (Wildman–Crippen MR) is 107 cm³/mol. The van der Waals surface area contributed by atoms with Crippen LogP contribution in [0.25, 0.3) is 10.9 Å². The summed E-state index contributed by atoms with van der Waals surface area (Å²) in [6.45, 7) is 7.97. The minimum absolute atomic E-state index is 0.0472. The average Bonchev–Trinajstić information content (AvgIpc) is 2.65. The van der Waals surface area contributed by atoms with Gasteiger partial charge in [-0.2, -0.15) is 0 Å². The summed E-state index contributed by atoms with van der Waals surface area (Å²) in [5.74, 6) is 1.80. The lowest BCUT2D eigenvalue weighted by atomic mass is 9.78. The molecule has 6 heteroatoms. The van der Waals surface area contributed by atoms with Crippen LogP contribution in [0.5, 0.6) is 0 Å². The van der Waals surface area contributed by atoms with Crippen LogP contribution in [-0.2, 0) is 11.3 Å². The molecule has 1 aliphatic rings. The fourth-order valence-electron chi connectivity index (χ4n) is 3.94. The Morgan fingerprint density at radius 1 is 1.30 bits per heavy atom. The van der Waals surface area contributed by atoms with E-state index in [2.05, 4.69) is 29.1 Å². The van der Waals surface area contributed by atoms with Gasteiger partial charge in [0.2, 0.25) is 5.91 Å². The van der Waals surface area contributed by atoms with E-state index in [-0.39, 0.29) is 17.5 Å². The highest BCUT2D eigenvalue weighted by molar-refractivity contribution is 5.78. The number of benzene rings is 1. The van der Waals surface area contributed by atoms with Crippen LogP contribution in [0, 0.1) is 11.8 Å². The van der Waals surface area contributed by atoms with Gasteiger partial charge >= 0.3 is 0 Å². The average molecular weight is 370 g/mol. The molecule has 3 atom stereocenters. The predicted octanol–water partition coefficient (Wildman–Crippen LogP) is 2.69. The monoisotopic (exact) mass is 370 g/mol. The van der Waals surface area contributed by atoms with E-state index < -0.39 is 0 Å². The van der Waals surface area contributed by atoms with Crippen molar-refractivity contribution in [3.8, 4) is 0 Å². The van der Waals surface area contributed by atoms with Gasteiger partial charge in [-0.15, -0.1) is 0 Å². The number of hydrogen-bond donors (Lipinski definition) is 2. The van der Waals surface area contributed by atoms with Gasteiger partial charge in [0.15, 0.2) is 0 Å². The van der Waals surface area contributed by atoms with Crippen molar-refractivity contribution in [2.45, 2.75) is 52.6 Å². The summed E-state index contributed by atoms with van der Waals surface area (Å²) in [5.41, 5.74) is 0.544. The zero-order valence-corrected chi connectivity index (χ0v) is 16.5. The largest absolute Gasteiger partial charge is 0.352 e. The fraction of sp³-hybridized carbons (Fsp3) is 0.571. The first-order valence-corrected chi connectivity index (χ1v) is 9.97. The number of carbonyl (C=O) groups excluding carboxylic acids is 1. The molecule has 2 N–H and O–H groups in total. The number of nitrogens with one attached hydrogen (secondary N) is 2. The van der Waals surface area contributed by atoms with Crippen LogP contribution in [-0.4, -0.2) is 39.9 Å². The molecule has 0 spiro atoms. The van der Waals surface area contributed by atoms with Gasteiger partial charge in [0.1, 0.15) is 5.82 Å². The van der Waals surface area contributed by atoms with Gasteiger partial charge in [0.05, 0.1) is 24.0 Å². The van der Waals surface area contributed by atoms with E-state index in [1.807, 2.05) is 30.0 Å². The third kappa shape index (κ3) is 4.75. The second-order valence-electron chi connectivity index (χ2n) is 7.77. The van der Waals surface area contributed by atoms with Crippen LogP contribution in [0.3, 0.4) is 0 Å². The number of fused-ring (bicyclic) bond motifs is 1. The van der Waals surface area contributed by atoms with Crippen molar-refractivity contribution in [3.05, 3.63) is 40.4 Å². The van der Waals surface area contributed by atoms with Crippen molar-refractivity contribution in [1.82, 2.24) is 20.2 Å². The molecule has 0 radical (unpaired) electrons. The van der Waals surface area contributed by atoms with E-state index >= 15 is 0 Å². The summed E-state index contributed by atoms with van der Waals surface area (Å²) in [6, 6.07) is 7.56. The summed E-state index contributed by atoms with van der Waals surface area (Å²) in [6.07, 6.45) is 3.48. The summed E-state index contributed by atoms with van der Waals surface area (Å²) >= 11 is 0. The molecule has 2 aromatic rings. The van der Waals surface area contributed by atoms with Crippen LogP contribution in [0.1, 0.15) is 45.9 Å². The first-order valence-electron chi connectivity index (χ1n) is 9.97. The Kier molecular flexibility index (Phi) is 6.26. The van der Waals surface area contributed by atoms with Crippen molar-refractivity contribution < 1.29 is 4.79 Å². The number of carbonyl (C=O) groups is 1. The van der Waals surface area contributed by atoms with Crippen molar-refractivity contribution in [1.29, 1.82) is 0 Å². The molecule has 1 aromatic carbocycles. The molecule has 27 heavy (non-hydrogen) atoms. The summed E-state index contributed by atoms with van der Waals surface area (Å²) in [4.78, 5) is 34.2. The fourth-order valence-corrected chi connectivity index (χ4v) is 3.94. The number of hydrogen-bond acceptors (Lipinski definition) is 4. The molecule has 0 unspecified atom stereocenters. The van der Waals surface area contributed by atoms with Crippen molar-refractivity contribution in [2.24, 2.45) is 11.8 Å².